The summed E-state index contributed by atoms with van der Waals surface area (Å²) >= 11 is 0. The summed E-state index contributed by atoms with van der Waals surface area (Å²) in [6.07, 6.45) is 0.612. The fraction of sp³-hybridized carbons (Fsp3) is 0.217. The Morgan fingerprint density at radius 1 is 1.00 bits per heavy atom. The third kappa shape index (κ3) is 4.15. The number of hydrogen-bond acceptors (Lipinski definition) is 5. The molecular weight excluding hydrogens is 378 g/mol. The molecule has 4 rings (SSSR count). The van der Waals surface area contributed by atoms with Crippen LogP contribution in [0.25, 0.3) is 17.1 Å². The number of aryl methyl sites for hydroxylation is 3. The van der Waals surface area contributed by atoms with Gasteiger partial charge in [-0.2, -0.15) is 5.10 Å². The number of nitrogens with zero attached hydrogens (tertiary/aromatic N) is 4. The molecule has 0 spiro atoms. The monoisotopic (exact) mass is 401 g/mol. The highest BCUT2D eigenvalue weighted by molar-refractivity contribution is 5.92. The van der Waals surface area contributed by atoms with E-state index < -0.39 is 0 Å². The minimum Gasteiger partial charge on any atom is -0.421 e. The van der Waals surface area contributed by atoms with Crippen molar-refractivity contribution in [3.63, 3.8) is 0 Å². The zero-order valence-electron chi connectivity index (χ0n) is 17.2. The van der Waals surface area contributed by atoms with Crippen LogP contribution in [-0.2, 0) is 11.2 Å². The molecule has 1 amide bonds. The second kappa shape index (κ2) is 8.32. The number of hydrogen-bond donors (Lipinski definition) is 1. The molecule has 2 aromatic carbocycles. The van der Waals surface area contributed by atoms with Gasteiger partial charge >= 0.3 is 0 Å². The predicted molar refractivity (Wildman–Crippen MR) is 114 cm³/mol. The fourth-order valence-corrected chi connectivity index (χ4v) is 3.23. The van der Waals surface area contributed by atoms with Crippen molar-refractivity contribution < 1.29 is 9.21 Å². The largest absolute Gasteiger partial charge is 0.421 e. The van der Waals surface area contributed by atoms with Gasteiger partial charge < -0.3 is 9.73 Å². The van der Waals surface area contributed by atoms with Gasteiger partial charge in [-0.3, -0.25) is 4.79 Å². The van der Waals surface area contributed by atoms with Crippen molar-refractivity contribution in [2.45, 2.75) is 33.6 Å². The van der Waals surface area contributed by atoms with Crippen LogP contribution in [0.4, 0.5) is 5.69 Å². The number of aromatic nitrogens is 4. The van der Waals surface area contributed by atoms with E-state index in [1.807, 2.05) is 80.1 Å². The summed E-state index contributed by atoms with van der Waals surface area (Å²) in [5, 5.41) is 15.7. The summed E-state index contributed by atoms with van der Waals surface area (Å²) in [5.41, 5.74) is 5.36. The molecule has 4 aromatic rings. The van der Waals surface area contributed by atoms with E-state index in [9.17, 15) is 4.79 Å². The van der Waals surface area contributed by atoms with Crippen LogP contribution in [0.1, 0.15) is 29.3 Å². The summed E-state index contributed by atoms with van der Waals surface area (Å²) in [6, 6.07) is 17.7. The SMILES string of the molecule is Cc1ccc(-c2nnc(CCC(=O)Nc3c(C)nn(-c4ccccc4)c3C)o2)cc1. The molecule has 0 unspecified atom stereocenters. The Labute approximate surface area is 174 Å². The molecule has 0 fully saturated rings. The molecule has 2 heterocycles. The average Bonchev–Trinajstić information content (AvgIpc) is 3.34. The van der Waals surface area contributed by atoms with Crippen LogP contribution in [0.2, 0.25) is 0 Å². The van der Waals surface area contributed by atoms with E-state index in [-0.39, 0.29) is 12.3 Å². The molecular formula is C23H23N5O2. The lowest BCUT2D eigenvalue weighted by Crippen LogP contribution is -2.13. The number of anilines is 1. The second-order valence-corrected chi connectivity index (χ2v) is 7.21. The van der Waals surface area contributed by atoms with E-state index >= 15 is 0 Å². The van der Waals surface area contributed by atoms with Crippen LogP contribution in [0, 0.1) is 20.8 Å². The van der Waals surface area contributed by atoms with Crippen molar-refractivity contribution in [1.29, 1.82) is 0 Å². The first-order chi connectivity index (χ1) is 14.5. The van der Waals surface area contributed by atoms with Gasteiger partial charge in [0.1, 0.15) is 0 Å². The van der Waals surface area contributed by atoms with Gasteiger partial charge in [0, 0.05) is 18.4 Å². The average molecular weight is 401 g/mol. The lowest BCUT2D eigenvalue weighted by atomic mass is 10.1. The van der Waals surface area contributed by atoms with Crippen LogP contribution >= 0.6 is 0 Å². The van der Waals surface area contributed by atoms with E-state index in [2.05, 4.69) is 20.6 Å². The lowest BCUT2D eigenvalue weighted by Gasteiger charge is -2.06. The molecule has 2 aromatic heterocycles. The third-order valence-electron chi connectivity index (χ3n) is 4.89. The number of nitrogens with one attached hydrogen (secondary N) is 1. The van der Waals surface area contributed by atoms with Crippen LogP contribution < -0.4 is 5.32 Å². The molecule has 30 heavy (non-hydrogen) atoms. The number of amides is 1. The van der Waals surface area contributed by atoms with Crippen LogP contribution in [0.3, 0.4) is 0 Å². The van der Waals surface area contributed by atoms with Gasteiger partial charge in [0.25, 0.3) is 0 Å². The quantitative estimate of drug-likeness (QED) is 0.517. The van der Waals surface area contributed by atoms with Gasteiger partial charge in [-0.05, 0) is 45.0 Å². The third-order valence-corrected chi connectivity index (χ3v) is 4.89. The van der Waals surface area contributed by atoms with Gasteiger partial charge in [0.05, 0.1) is 22.8 Å². The number of para-hydroxylation sites is 1. The van der Waals surface area contributed by atoms with Crippen molar-refractivity contribution >= 4 is 11.6 Å². The number of carbonyl (C=O) groups excluding carboxylic acids is 1. The number of carbonyl (C=O) groups is 1. The second-order valence-electron chi connectivity index (χ2n) is 7.21. The van der Waals surface area contributed by atoms with E-state index in [4.69, 9.17) is 4.42 Å². The van der Waals surface area contributed by atoms with Crippen molar-refractivity contribution in [3.05, 3.63) is 77.4 Å². The van der Waals surface area contributed by atoms with Gasteiger partial charge in [-0.1, -0.05) is 35.9 Å². The zero-order chi connectivity index (χ0) is 21.1. The minimum atomic E-state index is -0.121. The molecule has 1 N–H and O–H groups in total. The molecule has 152 valence electrons. The number of benzene rings is 2. The highest BCUT2D eigenvalue weighted by atomic mass is 16.4. The predicted octanol–water partition coefficient (Wildman–Crippen LogP) is 4.42. The Morgan fingerprint density at radius 2 is 1.73 bits per heavy atom. The smallest absolute Gasteiger partial charge is 0.247 e. The normalized spacial score (nSPS) is 10.9. The van der Waals surface area contributed by atoms with Crippen molar-refractivity contribution in [3.8, 4) is 17.1 Å². The molecule has 0 aliphatic rings. The van der Waals surface area contributed by atoms with Gasteiger partial charge in [-0.25, -0.2) is 4.68 Å². The van der Waals surface area contributed by atoms with Crippen LogP contribution in [0.15, 0.2) is 59.0 Å². The topological polar surface area (TPSA) is 85.8 Å². The van der Waals surface area contributed by atoms with E-state index in [1.54, 1.807) is 0 Å². The Morgan fingerprint density at radius 3 is 2.47 bits per heavy atom. The fourth-order valence-electron chi connectivity index (χ4n) is 3.23. The molecule has 0 aliphatic carbocycles. The van der Waals surface area contributed by atoms with Gasteiger partial charge in [-0.15, -0.1) is 10.2 Å². The summed E-state index contributed by atoms with van der Waals surface area (Å²) < 4.78 is 7.53. The molecule has 0 radical (unpaired) electrons. The first kappa shape index (κ1) is 19.6. The van der Waals surface area contributed by atoms with E-state index in [0.29, 0.717) is 18.2 Å². The Balaban J connectivity index is 1.40. The molecule has 7 heteroatoms. The summed E-state index contributed by atoms with van der Waals surface area (Å²) in [4.78, 5) is 12.5. The highest BCUT2D eigenvalue weighted by Gasteiger charge is 2.16. The van der Waals surface area contributed by atoms with Crippen molar-refractivity contribution in [1.82, 2.24) is 20.0 Å². The first-order valence-electron chi connectivity index (χ1n) is 9.82. The minimum absolute atomic E-state index is 0.121. The van der Waals surface area contributed by atoms with Crippen LogP contribution in [0.5, 0.6) is 0 Å². The molecule has 0 bridgehead atoms. The molecule has 7 nitrogen and oxygen atoms in total. The Bertz CT molecular complexity index is 1160. The maximum absolute atomic E-state index is 12.5. The maximum Gasteiger partial charge on any atom is 0.247 e. The summed E-state index contributed by atoms with van der Waals surface area (Å²) in [5.74, 6) is 0.777. The van der Waals surface area contributed by atoms with E-state index in [1.165, 1.54) is 0 Å². The summed E-state index contributed by atoms with van der Waals surface area (Å²) in [6.45, 7) is 5.84. The highest BCUT2D eigenvalue weighted by Crippen LogP contribution is 2.23. The summed E-state index contributed by atoms with van der Waals surface area (Å²) in [7, 11) is 0. The molecule has 0 saturated heterocycles. The Kier molecular flexibility index (Phi) is 5.43. The molecule has 0 atom stereocenters. The first-order valence-corrected chi connectivity index (χ1v) is 9.82. The molecule has 0 aliphatic heterocycles. The van der Waals surface area contributed by atoms with Crippen LogP contribution in [-0.4, -0.2) is 25.9 Å². The van der Waals surface area contributed by atoms with Crippen molar-refractivity contribution in [2.24, 2.45) is 0 Å². The van der Waals surface area contributed by atoms with Gasteiger partial charge in [0.2, 0.25) is 17.7 Å². The Hall–Kier alpha value is -3.74. The number of rotatable bonds is 6. The van der Waals surface area contributed by atoms with Gasteiger partial charge in [0.15, 0.2) is 0 Å². The molecule has 0 saturated carbocycles. The maximum atomic E-state index is 12.5. The zero-order valence-corrected chi connectivity index (χ0v) is 17.2. The standard InChI is InChI=1S/C23H23N5O2/c1-15-9-11-18(12-10-15)23-26-25-21(30-23)14-13-20(29)24-22-16(2)27-28(17(22)3)19-7-5-4-6-8-19/h4-12H,13-14H2,1-3H3,(H,24,29). The van der Waals surface area contributed by atoms with Crippen molar-refractivity contribution in [2.75, 3.05) is 5.32 Å². The van der Waals surface area contributed by atoms with E-state index in [0.717, 1.165) is 33.9 Å². The lowest BCUT2D eigenvalue weighted by molar-refractivity contribution is -0.116.